The summed E-state index contributed by atoms with van der Waals surface area (Å²) in [6, 6.07) is 4.58. The number of rotatable bonds is 5. The Kier molecular flexibility index (Phi) is 4.62. The first-order chi connectivity index (χ1) is 13.6. The first-order valence-electron chi connectivity index (χ1n) is 9.48. The second kappa shape index (κ2) is 6.77. The van der Waals surface area contributed by atoms with Crippen LogP contribution in [0.1, 0.15) is 12.0 Å². The molecule has 1 saturated heterocycles. The minimum absolute atomic E-state index is 0.0883. The lowest BCUT2D eigenvalue weighted by Gasteiger charge is -2.18. The highest BCUT2D eigenvalue weighted by molar-refractivity contribution is 7.89. The molecule has 1 saturated carbocycles. The van der Waals surface area contributed by atoms with Crippen molar-refractivity contribution in [1.82, 2.24) is 9.21 Å². The Morgan fingerprint density at radius 1 is 1.14 bits per heavy atom. The summed E-state index contributed by atoms with van der Waals surface area (Å²) in [5, 5.41) is 2.61. The maximum atomic E-state index is 12.7. The number of imide groups is 1. The molecular weight excluding hydrogens is 394 g/mol. The van der Waals surface area contributed by atoms with Gasteiger partial charge in [0.25, 0.3) is 0 Å². The summed E-state index contributed by atoms with van der Waals surface area (Å²) in [4.78, 5) is 39.0. The number of hydrogen-bond acceptors (Lipinski definition) is 5. The number of amides is 3. The van der Waals surface area contributed by atoms with Crippen molar-refractivity contribution in [3.8, 4) is 0 Å². The van der Waals surface area contributed by atoms with Crippen molar-refractivity contribution in [3.63, 3.8) is 0 Å². The highest BCUT2D eigenvalue weighted by atomic mass is 32.2. The van der Waals surface area contributed by atoms with E-state index in [0.717, 1.165) is 15.6 Å². The van der Waals surface area contributed by atoms with Crippen LogP contribution in [-0.2, 0) is 24.4 Å². The maximum Gasteiger partial charge on any atom is 0.244 e. The van der Waals surface area contributed by atoms with Gasteiger partial charge in [-0.25, -0.2) is 12.7 Å². The number of carbonyl (C=O) groups is 3. The number of likely N-dealkylation sites (tertiary alicyclic amines) is 1. The van der Waals surface area contributed by atoms with Crippen LogP contribution in [0.5, 0.6) is 0 Å². The molecule has 8 nitrogen and oxygen atoms in total. The molecule has 2 aliphatic carbocycles. The summed E-state index contributed by atoms with van der Waals surface area (Å²) in [5.41, 5.74) is 0.847. The van der Waals surface area contributed by atoms with Crippen LogP contribution < -0.4 is 5.32 Å². The van der Waals surface area contributed by atoms with E-state index in [2.05, 4.69) is 5.32 Å². The van der Waals surface area contributed by atoms with E-state index in [0.29, 0.717) is 11.3 Å². The zero-order valence-electron chi connectivity index (χ0n) is 16.5. The second-order valence-corrected chi connectivity index (χ2v) is 10.2. The van der Waals surface area contributed by atoms with Gasteiger partial charge < -0.3 is 5.32 Å². The molecule has 9 heteroatoms. The molecule has 2 bridgehead atoms. The molecule has 1 aliphatic heterocycles. The number of allylic oxidation sites excluding steroid dienone is 2. The fourth-order valence-electron chi connectivity index (χ4n) is 4.62. The summed E-state index contributed by atoms with van der Waals surface area (Å²) < 4.78 is 26.0. The lowest BCUT2D eigenvalue weighted by atomic mass is 9.85. The predicted octanol–water partition coefficient (Wildman–Crippen LogP) is 0.991. The molecule has 1 aromatic rings. The third-order valence-electron chi connectivity index (χ3n) is 6.09. The molecule has 1 heterocycles. The highest BCUT2D eigenvalue weighted by Crippen LogP contribution is 2.52. The van der Waals surface area contributed by atoms with Gasteiger partial charge in [-0.15, -0.1) is 0 Å². The zero-order valence-corrected chi connectivity index (χ0v) is 17.3. The van der Waals surface area contributed by atoms with Gasteiger partial charge in [-0.05, 0) is 42.9 Å². The Morgan fingerprint density at radius 3 is 2.28 bits per heavy atom. The van der Waals surface area contributed by atoms with E-state index in [-0.39, 0.29) is 46.9 Å². The van der Waals surface area contributed by atoms with Crippen LogP contribution in [-0.4, -0.2) is 56.0 Å². The molecule has 0 radical (unpaired) electrons. The molecule has 4 rings (SSSR count). The Morgan fingerprint density at radius 2 is 1.72 bits per heavy atom. The van der Waals surface area contributed by atoms with Gasteiger partial charge in [0.05, 0.1) is 16.7 Å². The number of fused-ring (bicyclic) bond motifs is 5. The predicted molar refractivity (Wildman–Crippen MR) is 105 cm³/mol. The topological polar surface area (TPSA) is 104 Å². The number of benzene rings is 1. The van der Waals surface area contributed by atoms with Crippen molar-refractivity contribution in [3.05, 3.63) is 35.9 Å². The van der Waals surface area contributed by atoms with Crippen LogP contribution in [0.4, 0.5) is 5.69 Å². The first kappa shape index (κ1) is 19.8. The van der Waals surface area contributed by atoms with E-state index in [1.165, 1.54) is 20.2 Å². The largest absolute Gasteiger partial charge is 0.324 e. The van der Waals surface area contributed by atoms with Crippen molar-refractivity contribution in [1.29, 1.82) is 0 Å². The minimum atomic E-state index is -3.67. The van der Waals surface area contributed by atoms with Crippen molar-refractivity contribution in [2.75, 3.05) is 26.0 Å². The number of nitrogens with one attached hydrogen (secondary N) is 1. The van der Waals surface area contributed by atoms with E-state index < -0.39 is 15.9 Å². The summed E-state index contributed by atoms with van der Waals surface area (Å²) >= 11 is 0. The number of anilines is 1. The number of hydrogen-bond donors (Lipinski definition) is 1. The van der Waals surface area contributed by atoms with Crippen molar-refractivity contribution < 1.29 is 22.8 Å². The molecule has 154 valence electrons. The van der Waals surface area contributed by atoms with Crippen LogP contribution in [0.25, 0.3) is 0 Å². The fraction of sp³-hybridized carbons (Fsp3) is 0.450. The van der Waals surface area contributed by atoms with Gasteiger partial charge in [0.15, 0.2) is 0 Å². The lowest BCUT2D eigenvalue weighted by molar-refractivity contribution is -0.143. The SMILES string of the molecule is Cc1ccc(NC(=O)CN2C(=O)[C@@H]3[C@H](C2=O)[C@@H]2C=C[C@H]3C2)cc1S(=O)(=O)N(C)C. The highest BCUT2D eigenvalue weighted by Gasteiger charge is 2.59. The molecule has 4 atom stereocenters. The van der Waals surface area contributed by atoms with Crippen molar-refractivity contribution >= 4 is 33.4 Å². The molecule has 3 amide bonds. The van der Waals surface area contributed by atoms with Gasteiger partial charge in [0.1, 0.15) is 6.54 Å². The van der Waals surface area contributed by atoms with E-state index in [9.17, 15) is 22.8 Å². The molecule has 0 spiro atoms. The van der Waals surface area contributed by atoms with Gasteiger partial charge in [0.2, 0.25) is 27.7 Å². The quantitative estimate of drug-likeness (QED) is 0.568. The Balaban J connectivity index is 1.49. The second-order valence-electron chi connectivity index (χ2n) is 8.08. The van der Waals surface area contributed by atoms with E-state index in [1.807, 2.05) is 12.2 Å². The number of nitrogens with zero attached hydrogens (tertiary/aromatic N) is 2. The average molecular weight is 417 g/mol. The summed E-state index contributed by atoms with van der Waals surface area (Å²) in [5.74, 6) is -1.62. The first-order valence-corrected chi connectivity index (χ1v) is 10.9. The van der Waals surface area contributed by atoms with Crippen LogP contribution in [0, 0.1) is 30.6 Å². The van der Waals surface area contributed by atoms with Crippen LogP contribution in [0.3, 0.4) is 0 Å². The van der Waals surface area contributed by atoms with Crippen LogP contribution >= 0.6 is 0 Å². The van der Waals surface area contributed by atoms with Crippen molar-refractivity contribution in [2.45, 2.75) is 18.2 Å². The minimum Gasteiger partial charge on any atom is -0.324 e. The van der Waals surface area contributed by atoms with Gasteiger partial charge in [-0.2, -0.15) is 0 Å². The summed E-state index contributed by atoms with van der Waals surface area (Å²) in [6.07, 6.45) is 4.83. The zero-order chi connectivity index (χ0) is 21.1. The lowest BCUT2D eigenvalue weighted by Crippen LogP contribution is -2.39. The molecule has 3 aliphatic rings. The molecule has 0 aromatic heterocycles. The third kappa shape index (κ3) is 3.08. The molecule has 1 aromatic carbocycles. The van der Waals surface area contributed by atoms with E-state index in [1.54, 1.807) is 19.1 Å². The Bertz CT molecular complexity index is 1020. The number of carbonyl (C=O) groups excluding carboxylic acids is 3. The van der Waals surface area contributed by atoms with Gasteiger partial charge >= 0.3 is 0 Å². The van der Waals surface area contributed by atoms with Crippen LogP contribution in [0.2, 0.25) is 0 Å². The molecule has 29 heavy (non-hydrogen) atoms. The number of aryl methyl sites for hydroxylation is 1. The molecule has 2 fully saturated rings. The van der Waals surface area contributed by atoms with E-state index in [4.69, 9.17) is 0 Å². The molecular formula is C20H23N3O5S. The standard InChI is InChI=1S/C20H23N3O5S/c1-11-4-7-14(9-15(11)29(27,28)22(2)3)21-16(24)10-23-19(25)17-12-5-6-13(8-12)18(17)20(23)26/h4-7,9,12-13,17-18H,8,10H2,1-3H3,(H,21,24)/t12-,13+,17-,18+. The van der Waals surface area contributed by atoms with E-state index >= 15 is 0 Å². The van der Waals surface area contributed by atoms with Crippen LogP contribution in [0.15, 0.2) is 35.2 Å². The molecule has 1 N–H and O–H groups in total. The Hall–Kier alpha value is -2.52. The third-order valence-corrected chi connectivity index (χ3v) is 8.05. The maximum absolute atomic E-state index is 12.7. The van der Waals surface area contributed by atoms with Gasteiger partial charge in [0, 0.05) is 19.8 Å². The summed E-state index contributed by atoms with van der Waals surface area (Å²) in [6.45, 7) is 1.30. The normalized spacial score (nSPS) is 27.8. The van der Waals surface area contributed by atoms with Gasteiger partial charge in [-0.3, -0.25) is 19.3 Å². The average Bonchev–Trinajstić information content (AvgIpc) is 3.33. The van der Waals surface area contributed by atoms with Crippen molar-refractivity contribution in [2.24, 2.45) is 23.7 Å². The fourth-order valence-corrected chi connectivity index (χ4v) is 5.76. The monoisotopic (exact) mass is 417 g/mol. The molecule has 0 unspecified atom stereocenters. The Labute approximate surface area is 169 Å². The summed E-state index contributed by atoms with van der Waals surface area (Å²) in [7, 11) is -0.797. The van der Waals surface area contributed by atoms with Gasteiger partial charge in [-0.1, -0.05) is 18.2 Å². The smallest absolute Gasteiger partial charge is 0.244 e. The number of sulfonamides is 1.